The predicted octanol–water partition coefficient (Wildman–Crippen LogP) is 2.94. The second kappa shape index (κ2) is 4.60. The second-order valence-corrected chi connectivity index (χ2v) is 7.34. The van der Waals surface area contributed by atoms with E-state index in [4.69, 9.17) is 5.73 Å². The third kappa shape index (κ3) is 1.81. The highest BCUT2D eigenvalue weighted by Crippen LogP contribution is 2.56. The van der Waals surface area contributed by atoms with Crippen LogP contribution in [-0.2, 0) is 4.79 Å². The van der Waals surface area contributed by atoms with E-state index in [0.717, 1.165) is 38.5 Å². The van der Waals surface area contributed by atoms with Gasteiger partial charge in [0.1, 0.15) is 11.5 Å². The van der Waals surface area contributed by atoms with Gasteiger partial charge in [-0.3, -0.25) is 4.79 Å². The van der Waals surface area contributed by atoms with Crippen molar-refractivity contribution >= 4 is 5.78 Å². The van der Waals surface area contributed by atoms with E-state index in [0.29, 0.717) is 35.2 Å². The van der Waals surface area contributed by atoms with Gasteiger partial charge in [-0.05, 0) is 67.0 Å². The van der Waals surface area contributed by atoms with Gasteiger partial charge in [-0.25, -0.2) is 0 Å². The normalized spacial score (nSPS) is 48.1. The Bertz CT molecular complexity index is 553. The van der Waals surface area contributed by atoms with E-state index in [-0.39, 0.29) is 11.5 Å². The van der Waals surface area contributed by atoms with Gasteiger partial charge in [0.2, 0.25) is 0 Å². The molecule has 0 aliphatic heterocycles. The summed E-state index contributed by atoms with van der Waals surface area (Å²) in [5, 5.41) is 3.07. The molecule has 4 nitrogen and oxygen atoms in total. The van der Waals surface area contributed by atoms with E-state index in [1.807, 2.05) is 12.2 Å². The number of nitroso groups, excluding NO2 is 1. The molecule has 0 spiro atoms. The zero-order chi connectivity index (χ0) is 14.6. The molecular formula is C17H22N2O2. The Kier molecular flexibility index (Phi) is 2.93. The SMILES string of the molecule is N[C@@]12CCC3C=C(N=O)C=CC3C1CCC1C(=O)CCC12. The Morgan fingerprint density at radius 2 is 2.05 bits per heavy atom. The number of nitrogens with zero attached hydrogens (tertiary/aromatic N) is 1. The zero-order valence-corrected chi connectivity index (χ0v) is 12.2. The number of nitrogens with two attached hydrogens (primary N) is 1. The molecule has 21 heavy (non-hydrogen) atoms. The first kappa shape index (κ1) is 13.4. The lowest BCUT2D eigenvalue weighted by Crippen LogP contribution is -2.62. The van der Waals surface area contributed by atoms with Crippen LogP contribution in [0.25, 0.3) is 0 Å². The van der Waals surface area contributed by atoms with Crippen molar-refractivity contribution in [2.75, 3.05) is 0 Å². The van der Waals surface area contributed by atoms with E-state index in [1.54, 1.807) is 0 Å². The van der Waals surface area contributed by atoms with Gasteiger partial charge in [0.15, 0.2) is 0 Å². The van der Waals surface area contributed by atoms with Crippen molar-refractivity contribution in [1.82, 2.24) is 0 Å². The summed E-state index contributed by atoms with van der Waals surface area (Å²) in [7, 11) is 0. The average molecular weight is 286 g/mol. The maximum atomic E-state index is 12.1. The van der Waals surface area contributed by atoms with Gasteiger partial charge < -0.3 is 5.73 Å². The third-order valence-corrected chi connectivity index (χ3v) is 6.62. The first-order chi connectivity index (χ1) is 10.1. The molecule has 0 saturated heterocycles. The summed E-state index contributed by atoms with van der Waals surface area (Å²) in [4.78, 5) is 22.8. The Morgan fingerprint density at radius 1 is 1.19 bits per heavy atom. The van der Waals surface area contributed by atoms with E-state index in [2.05, 4.69) is 11.3 Å². The fourth-order valence-corrected chi connectivity index (χ4v) is 5.66. The summed E-state index contributed by atoms with van der Waals surface area (Å²) in [6, 6.07) is 0. The average Bonchev–Trinajstić information content (AvgIpc) is 2.89. The number of hydrogen-bond donors (Lipinski definition) is 1. The van der Waals surface area contributed by atoms with Gasteiger partial charge in [0, 0.05) is 17.9 Å². The number of fused-ring (bicyclic) bond motifs is 5. The number of carbonyl (C=O) groups excluding carboxylic acids is 1. The number of rotatable bonds is 1. The van der Waals surface area contributed by atoms with Crippen LogP contribution < -0.4 is 5.73 Å². The van der Waals surface area contributed by atoms with Crippen molar-refractivity contribution in [2.24, 2.45) is 40.5 Å². The summed E-state index contributed by atoms with van der Waals surface area (Å²) in [5.41, 5.74) is 7.27. The van der Waals surface area contributed by atoms with Crippen molar-refractivity contribution in [2.45, 2.75) is 44.1 Å². The van der Waals surface area contributed by atoms with Crippen LogP contribution in [0.15, 0.2) is 29.1 Å². The number of allylic oxidation sites excluding steroid dienone is 3. The molecular weight excluding hydrogens is 264 g/mol. The molecule has 2 N–H and O–H groups in total. The number of ketones is 1. The summed E-state index contributed by atoms with van der Waals surface area (Å²) in [5.74, 6) is 2.32. The summed E-state index contributed by atoms with van der Waals surface area (Å²) in [6.45, 7) is 0. The van der Waals surface area contributed by atoms with E-state index in [9.17, 15) is 9.70 Å². The Morgan fingerprint density at radius 3 is 2.86 bits per heavy atom. The lowest BCUT2D eigenvalue weighted by atomic mass is 9.52. The van der Waals surface area contributed by atoms with Crippen LogP contribution >= 0.6 is 0 Å². The van der Waals surface area contributed by atoms with Gasteiger partial charge in [-0.1, -0.05) is 12.2 Å². The Labute approximate surface area is 124 Å². The van der Waals surface area contributed by atoms with Crippen molar-refractivity contribution in [3.63, 3.8) is 0 Å². The topological polar surface area (TPSA) is 72.5 Å². The molecule has 112 valence electrons. The molecule has 0 radical (unpaired) electrons. The summed E-state index contributed by atoms with van der Waals surface area (Å²) in [6.07, 6.45) is 11.8. The van der Waals surface area contributed by atoms with E-state index >= 15 is 0 Å². The van der Waals surface area contributed by atoms with Crippen LogP contribution in [0.4, 0.5) is 0 Å². The molecule has 0 bridgehead atoms. The lowest BCUT2D eigenvalue weighted by Gasteiger charge is -2.56. The molecule has 4 heteroatoms. The molecule has 4 rings (SSSR count). The maximum absolute atomic E-state index is 12.1. The highest BCUT2D eigenvalue weighted by molar-refractivity contribution is 5.83. The molecule has 0 aromatic rings. The Hall–Kier alpha value is -1.29. The first-order valence-electron chi connectivity index (χ1n) is 8.18. The van der Waals surface area contributed by atoms with Gasteiger partial charge in [-0.2, -0.15) is 0 Å². The van der Waals surface area contributed by atoms with Crippen LogP contribution in [0.3, 0.4) is 0 Å². The van der Waals surface area contributed by atoms with Gasteiger partial charge in [0.25, 0.3) is 0 Å². The minimum Gasteiger partial charge on any atom is -0.325 e. The molecule has 6 atom stereocenters. The molecule has 4 aliphatic rings. The number of hydrogen-bond acceptors (Lipinski definition) is 4. The van der Waals surface area contributed by atoms with E-state index < -0.39 is 0 Å². The highest BCUT2D eigenvalue weighted by atomic mass is 16.3. The Balaban J connectivity index is 1.65. The van der Waals surface area contributed by atoms with Crippen LogP contribution in [0.1, 0.15) is 38.5 Å². The smallest absolute Gasteiger partial charge is 0.136 e. The summed E-state index contributed by atoms with van der Waals surface area (Å²) < 4.78 is 0. The van der Waals surface area contributed by atoms with Crippen LogP contribution in [0.5, 0.6) is 0 Å². The lowest BCUT2D eigenvalue weighted by molar-refractivity contribution is -0.124. The third-order valence-electron chi connectivity index (χ3n) is 6.62. The molecule has 0 aromatic carbocycles. The van der Waals surface area contributed by atoms with Crippen molar-refractivity contribution in [3.8, 4) is 0 Å². The fraction of sp³-hybridized carbons (Fsp3) is 0.706. The zero-order valence-electron chi connectivity index (χ0n) is 12.2. The second-order valence-electron chi connectivity index (χ2n) is 7.34. The van der Waals surface area contributed by atoms with Crippen LogP contribution in [0, 0.1) is 34.5 Å². The predicted molar refractivity (Wildman–Crippen MR) is 80.1 cm³/mol. The minimum absolute atomic E-state index is 0.180. The molecule has 5 unspecified atom stereocenters. The van der Waals surface area contributed by atoms with Crippen molar-refractivity contribution in [3.05, 3.63) is 28.8 Å². The minimum atomic E-state index is -0.180. The monoisotopic (exact) mass is 286 g/mol. The van der Waals surface area contributed by atoms with Crippen LogP contribution in [-0.4, -0.2) is 11.3 Å². The largest absolute Gasteiger partial charge is 0.325 e. The fourth-order valence-electron chi connectivity index (χ4n) is 5.66. The first-order valence-corrected chi connectivity index (χ1v) is 8.18. The molecule has 0 amide bonds. The number of carbonyl (C=O) groups is 1. The highest BCUT2D eigenvalue weighted by Gasteiger charge is 2.57. The van der Waals surface area contributed by atoms with Gasteiger partial charge >= 0.3 is 0 Å². The quantitative estimate of drug-likeness (QED) is 0.753. The van der Waals surface area contributed by atoms with E-state index in [1.165, 1.54) is 0 Å². The molecule has 0 heterocycles. The van der Waals surface area contributed by atoms with Crippen LogP contribution in [0.2, 0.25) is 0 Å². The van der Waals surface area contributed by atoms with Gasteiger partial charge in [0.05, 0.1) is 0 Å². The summed E-state index contributed by atoms with van der Waals surface area (Å²) >= 11 is 0. The molecule has 0 aromatic heterocycles. The maximum Gasteiger partial charge on any atom is 0.136 e. The molecule has 3 fully saturated rings. The standard InChI is InChI=1S/C17H22N2O2/c18-17-8-7-10-9-11(19-21)1-2-12(10)14(17)4-3-13-15(17)5-6-16(13)20/h1-2,9-10,12-15H,3-8,18H2/t10?,12?,13?,14?,15?,17-/m0/s1. The van der Waals surface area contributed by atoms with Gasteiger partial charge in [-0.15, -0.1) is 4.91 Å². The number of Topliss-reactive ketones (excluding diaryl/α,β-unsaturated/α-hetero) is 1. The van der Waals surface area contributed by atoms with Crippen molar-refractivity contribution in [1.29, 1.82) is 0 Å². The molecule has 3 saturated carbocycles. The molecule has 4 aliphatic carbocycles. The van der Waals surface area contributed by atoms with Crippen molar-refractivity contribution < 1.29 is 4.79 Å².